The molecule has 1 atom stereocenters. The zero-order chi connectivity index (χ0) is 25.8. The van der Waals surface area contributed by atoms with Crippen LogP contribution in [0.25, 0.3) is 11.0 Å². The van der Waals surface area contributed by atoms with Crippen molar-refractivity contribution in [3.05, 3.63) is 90.0 Å². The highest BCUT2D eigenvalue weighted by atomic mass is 16.4. The quantitative estimate of drug-likeness (QED) is 0.359. The number of aromatic amines is 1. The number of anilines is 1. The molecular weight excluding hydrogens is 472 g/mol. The van der Waals surface area contributed by atoms with E-state index in [0.29, 0.717) is 24.5 Å². The Balaban J connectivity index is 1.42. The number of hydrogen-bond acceptors (Lipinski definition) is 5. The average molecular weight is 499 g/mol. The van der Waals surface area contributed by atoms with Gasteiger partial charge in [-0.25, -0.2) is 9.78 Å². The lowest BCUT2D eigenvalue weighted by Gasteiger charge is -2.30. The number of imidazole rings is 1. The van der Waals surface area contributed by atoms with Gasteiger partial charge in [-0.05, 0) is 41.8 Å². The zero-order valence-electron chi connectivity index (χ0n) is 20.0. The smallest absolute Gasteiger partial charge is 0.323 e. The molecule has 3 heterocycles. The van der Waals surface area contributed by atoms with Crippen molar-refractivity contribution in [1.82, 2.24) is 25.2 Å². The van der Waals surface area contributed by atoms with E-state index in [4.69, 9.17) is 0 Å². The third-order valence-corrected chi connectivity index (χ3v) is 6.35. The summed E-state index contributed by atoms with van der Waals surface area (Å²) < 4.78 is 0. The molecule has 1 aliphatic rings. The van der Waals surface area contributed by atoms with E-state index in [1.165, 1.54) is 4.90 Å². The highest BCUT2D eigenvalue weighted by Crippen LogP contribution is 2.30. The number of fused-ring (bicyclic) bond motifs is 2. The maximum Gasteiger partial charge on any atom is 0.323 e. The summed E-state index contributed by atoms with van der Waals surface area (Å²) >= 11 is 0. The number of para-hydroxylation sites is 3. The van der Waals surface area contributed by atoms with Crippen LogP contribution in [0, 0.1) is 0 Å². The van der Waals surface area contributed by atoms with Crippen LogP contribution in [-0.4, -0.2) is 55.5 Å². The molecule has 10 heteroatoms. The van der Waals surface area contributed by atoms with Crippen molar-refractivity contribution in [3.8, 4) is 0 Å². The number of carbonyl (C=O) groups excluding carboxylic acids is 2. The van der Waals surface area contributed by atoms with Gasteiger partial charge < -0.3 is 20.3 Å². The Morgan fingerprint density at radius 3 is 2.68 bits per heavy atom. The van der Waals surface area contributed by atoms with E-state index in [1.807, 2.05) is 48.5 Å². The van der Waals surface area contributed by atoms with Gasteiger partial charge in [-0.15, -0.1) is 0 Å². The lowest BCUT2D eigenvalue weighted by atomic mass is 10.1. The maximum absolute atomic E-state index is 13.7. The van der Waals surface area contributed by atoms with E-state index >= 15 is 0 Å². The summed E-state index contributed by atoms with van der Waals surface area (Å²) in [7, 11) is 0. The van der Waals surface area contributed by atoms with Gasteiger partial charge in [0.25, 0.3) is 0 Å². The van der Waals surface area contributed by atoms with Crippen molar-refractivity contribution in [3.63, 3.8) is 0 Å². The molecule has 0 bridgehead atoms. The van der Waals surface area contributed by atoms with Crippen molar-refractivity contribution in [2.75, 3.05) is 11.4 Å². The van der Waals surface area contributed by atoms with Crippen LogP contribution >= 0.6 is 0 Å². The number of benzene rings is 2. The second-order valence-electron chi connectivity index (χ2n) is 8.84. The Kier molecular flexibility index (Phi) is 6.80. The first-order chi connectivity index (χ1) is 18.0. The summed E-state index contributed by atoms with van der Waals surface area (Å²) in [4.78, 5) is 53.7. The lowest BCUT2D eigenvalue weighted by molar-refractivity contribution is -0.142. The third-order valence-electron chi connectivity index (χ3n) is 6.35. The fourth-order valence-corrected chi connectivity index (χ4v) is 4.58. The van der Waals surface area contributed by atoms with Gasteiger partial charge in [-0.1, -0.05) is 36.4 Å². The number of carboxylic acid groups (broad SMARTS) is 1. The summed E-state index contributed by atoms with van der Waals surface area (Å²) in [5.74, 6) is -1.03. The first kappa shape index (κ1) is 24.0. The van der Waals surface area contributed by atoms with Crippen LogP contribution < -0.4 is 10.2 Å². The number of rotatable bonds is 7. The molecule has 0 saturated carbocycles. The van der Waals surface area contributed by atoms with Crippen molar-refractivity contribution in [2.24, 2.45) is 0 Å². The summed E-state index contributed by atoms with van der Waals surface area (Å²) in [6.45, 7) is 0.715. The van der Waals surface area contributed by atoms with Crippen molar-refractivity contribution < 1.29 is 19.5 Å². The Bertz CT molecular complexity index is 1400. The normalized spacial score (nSPS) is 15.4. The third kappa shape index (κ3) is 5.27. The Labute approximate surface area is 213 Å². The molecule has 0 radical (unpaired) electrons. The molecule has 0 spiro atoms. The summed E-state index contributed by atoms with van der Waals surface area (Å²) in [6, 6.07) is 16.7. The summed E-state index contributed by atoms with van der Waals surface area (Å²) in [6.07, 6.45) is 3.46. The number of carbonyl (C=O) groups is 3. The molecule has 5 rings (SSSR count). The topological polar surface area (TPSA) is 132 Å². The van der Waals surface area contributed by atoms with Gasteiger partial charge in [0, 0.05) is 25.5 Å². The Morgan fingerprint density at radius 1 is 1.08 bits per heavy atom. The number of urea groups is 1. The standard InChI is InChI=1S/C27H26N6O4/c34-25(35)14-23-26(36)32(13-11-18-6-5-12-28-15-18)17-19-7-1-4-10-22(19)33(23)27(37)29-16-24-30-20-8-2-3-9-21(20)31-24/h1-10,12,15,23H,11,13-14,16-17H2,(H,29,37)(H,30,31)(H,34,35). The molecule has 0 aliphatic carbocycles. The van der Waals surface area contributed by atoms with Gasteiger partial charge in [0.15, 0.2) is 0 Å². The molecule has 3 amide bonds. The molecular formula is C27H26N6O4. The molecule has 4 aromatic rings. The number of amides is 3. The van der Waals surface area contributed by atoms with E-state index in [1.54, 1.807) is 29.4 Å². The molecule has 37 heavy (non-hydrogen) atoms. The van der Waals surface area contributed by atoms with Crippen LogP contribution in [0.5, 0.6) is 0 Å². The van der Waals surface area contributed by atoms with E-state index in [2.05, 4.69) is 20.3 Å². The highest BCUT2D eigenvalue weighted by molar-refractivity contribution is 6.03. The van der Waals surface area contributed by atoms with Crippen molar-refractivity contribution in [1.29, 1.82) is 0 Å². The van der Waals surface area contributed by atoms with Gasteiger partial charge in [-0.2, -0.15) is 0 Å². The van der Waals surface area contributed by atoms with Crippen LogP contribution in [0.4, 0.5) is 10.5 Å². The number of nitrogens with one attached hydrogen (secondary N) is 2. The highest BCUT2D eigenvalue weighted by Gasteiger charge is 2.39. The molecule has 188 valence electrons. The number of aliphatic carboxylic acids is 1. The monoisotopic (exact) mass is 498 g/mol. The molecule has 2 aromatic heterocycles. The predicted octanol–water partition coefficient (Wildman–Crippen LogP) is 3.10. The SMILES string of the molecule is O=C(O)CC1C(=O)N(CCc2cccnc2)Cc2ccccc2N1C(=O)NCc1nc2ccccc2[nH]1. The van der Waals surface area contributed by atoms with Crippen LogP contribution in [0.2, 0.25) is 0 Å². The van der Waals surface area contributed by atoms with Gasteiger partial charge in [0.05, 0.1) is 29.7 Å². The minimum Gasteiger partial charge on any atom is -0.481 e. The van der Waals surface area contributed by atoms with Gasteiger partial charge in [0.1, 0.15) is 11.9 Å². The average Bonchev–Trinajstić information content (AvgIpc) is 3.29. The van der Waals surface area contributed by atoms with Crippen LogP contribution in [0.15, 0.2) is 73.1 Å². The van der Waals surface area contributed by atoms with Gasteiger partial charge in [0.2, 0.25) is 5.91 Å². The number of nitrogens with zero attached hydrogens (tertiary/aromatic N) is 4. The first-order valence-corrected chi connectivity index (χ1v) is 12.0. The molecule has 3 N–H and O–H groups in total. The van der Waals surface area contributed by atoms with Crippen molar-refractivity contribution in [2.45, 2.75) is 32.0 Å². The van der Waals surface area contributed by atoms with E-state index in [0.717, 1.165) is 22.2 Å². The first-order valence-electron chi connectivity index (χ1n) is 12.0. The second-order valence-corrected chi connectivity index (χ2v) is 8.84. The van der Waals surface area contributed by atoms with Crippen LogP contribution in [0.3, 0.4) is 0 Å². The maximum atomic E-state index is 13.7. The number of carboxylic acids is 1. The number of hydrogen-bond donors (Lipinski definition) is 3. The van der Waals surface area contributed by atoms with E-state index in [9.17, 15) is 19.5 Å². The minimum atomic E-state index is -1.20. The van der Waals surface area contributed by atoms with E-state index < -0.39 is 30.4 Å². The zero-order valence-corrected chi connectivity index (χ0v) is 20.0. The van der Waals surface area contributed by atoms with Crippen LogP contribution in [-0.2, 0) is 29.1 Å². The number of H-pyrrole nitrogens is 1. The number of aromatic nitrogens is 3. The fourth-order valence-electron chi connectivity index (χ4n) is 4.58. The number of pyridine rings is 1. The molecule has 2 aromatic carbocycles. The predicted molar refractivity (Wildman–Crippen MR) is 137 cm³/mol. The van der Waals surface area contributed by atoms with Gasteiger partial charge >= 0.3 is 12.0 Å². The lowest BCUT2D eigenvalue weighted by Crippen LogP contribution is -2.53. The van der Waals surface area contributed by atoms with E-state index in [-0.39, 0.29) is 13.1 Å². The molecule has 0 saturated heterocycles. The Morgan fingerprint density at radius 2 is 1.89 bits per heavy atom. The minimum absolute atomic E-state index is 0.0882. The Hall–Kier alpha value is -4.73. The molecule has 1 unspecified atom stereocenters. The molecule has 0 fully saturated rings. The van der Waals surface area contributed by atoms with Crippen LogP contribution in [0.1, 0.15) is 23.4 Å². The molecule has 10 nitrogen and oxygen atoms in total. The summed E-state index contributed by atoms with van der Waals surface area (Å²) in [5.41, 5.74) is 3.84. The second kappa shape index (κ2) is 10.5. The largest absolute Gasteiger partial charge is 0.481 e. The fraction of sp³-hybridized carbons (Fsp3) is 0.222. The van der Waals surface area contributed by atoms with Gasteiger partial charge in [-0.3, -0.25) is 19.5 Å². The molecule has 1 aliphatic heterocycles. The summed E-state index contributed by atoms with van der Waals surface area (Å²) in [5, 5.41) is 12.5. The van der Waals surface area contributed by atoms with Crippen molar-refractivity contribution >= 4 is 34.6 Å².